The molecule has 3 heterocycles. The number of nitrogens with zero attached hydrogens (tertiary/aromatic N) is 4. The van der Waals surface area contributed by atoms with Gasteiger partial charge in [-0.15, -0.1) is 0 Å². The van der Waals surface area contributed by atoms with E-state index in [2.05, 4.69) is 24.0 Å². The molecule has 0 fully saturated rings. The second-order valence-corrected chi connectivity index (χ2v) is 9.57. The average molecular weight is 511 g/mol. The summed E-state index contributed by atoms with van der Waals surface area (Å²) in [4.78, 5) is 22.7. The molecule has 1 aliphatic heterocycles. The number of methoxy groups -OCH3 is 2. The highest BCUT2D eigenvalue weighted by molar-refractivity contribution is 7.98. The Hall–Kier alpha value is -3.73. The Labute approximate surface area is 211 Å². The van der Waals surface area contributed by atoms with E-state index in [9.17, 15) is 4.79 Å². The Morgan fingerprint density at radius 3 is 2.64 bits per heavy atom. The van der Waals surface area contributed by atoms with Gasteiger partial charge >= 0.3 is 0 Å². The van der Waals surface area contributed by atoms with Gasteiger partial charge < -0.3 is 23.5 Å². The number of rotatable bonds is 9. The normalized spacial score (nSPS) is 12.5. The molecule has 2 aromatic heterocycles. The first kappa shape index (κ1) is 24.0. The van der Waals surface area contributed by atoms with Crippen LogP contribution in [0.25, 0.3) is 22.3 Å². The Morgan fingerprint density at radius 1 is 1.08 bits per heavy atom. The van der Waals surface area contributed by atoms with Gasteiger partial charge in [0.15, 0.2) is 16.7 Å². The number of fused-ring (bicyclic) bond motifs is 2. The molecule has 10 nitrogen and oxygen atoms in total. The van der Waals surface area contributed by atoms with Gasteiger partial charge in [-0.2, -0.15) is 4.98 Å². The van der Waals surface area contributed by atoms with Crippen molar-refractivity contribution in [1.29, 1.82) is 0 Å². The maximum Gasteiger partial charge on any atom is 0.262 e. The molecule has 0 aliphatic carbocycles. The van der Waals surface area contributed by atoms with E-state index in [1.165, 1.54) is 11.8 Å². The molecular formula is C25H26N4O6S. The zero-order valence-corrected chi connectivity index (χ0v) is 21.3. The molecule has 0 N–H and O–H groups in total. The first-order chi connectivity index (χ1) is 17.5. The zero-order valence-electron chi connectivity index (χ0n) is 20.4. The Morgan fingerprint density at radius 2 is 1.89 bits per heavy atom. The molecule has 11 heteroatoms. The van der Waals surface area contributed by atoms with E-state index in [1.807, 2.05) is 6.07 Å². The maximum atomic E-state index is 13.4. The first-order valence-electron chi connectivity index (χ1n) is 11.5. The summed E-state index contributed by atoms with van der Waals surface area (Å²) in [5, 5.41) is 5.19. The molecule has 0 radical (unpaired) electrons. The van der Waals surface area contributed by atoms with Gasteiger partial charge in [-0.05, 0) is 30.5 Å². The number of hydrogen-bond acceptors (Lipinski definition) is 10. The summed E-state index contributed by atoms with van der Waals surface area (Å²) in [5.41, 5.74) is 1.13. The minimum absolute atomic E-state index is 0.115. The Balaban J connectivity index is 1.44. The molecule has 188 valence electrons. The summed E-state index contributed by atoms with van der Waals surface area (Å²) in [6.45, 7) is 4.93. The number of ether oxygens (including phenoxy) is 4. The van der Waals surface area contributed by atoms with Crippen LogP contribution >= 0.6 is 11.8 Å². The summed E-state index contributed by atoms with van der Waals surface area (Å²) >= 11 is 1.37. The van der Waals surface area contributed by atoms with Crippen molar-refractivity contribution in [3.8, 4) is 34.4 Å². The van der Waals surface area contributed by atoms with Gasteiger partial charge in [0.25, 0.3) is 5.56 Å². The Bertz CT molecular complexity index is 1470. The molecule has 0 amide bonds. The van der Waals surface area contributed by atoms with Crippen molar-refractivity contribution >= 4 is 22.7 Å². The summed E-state index contributed by atoms with van der Waals surface area (Å²) in [6, 6.07) is 8.84. The zero-order chi connectivity index (χ0) is 25.2. The van der Waals surface area contributed by atoms with Crippen LogP contribution in [0.5, 0.6) is 23.0 Å². The third kappa shape index (κ3) is 4.70. The van der Waals surface area contributed by atoms with Crippen molar-refractivity contribution in [1.82, 2.24) is 19.7 Å². The van der Waals surface area contributed by atoms with E-state index >= 15 is 0 Å². The fraction of sp³-hybridized carbons (Fsp3) is 0.360. The topological polar surface area (TPSA) is 111 Å². The predicted octanol–water partition coefficient (Wildman–Crippen LogP) is 4.53. The number of thioether (sulfide) groups is 1. The van der Waals surface area contributed by atoms with Crippen LogP contribution in [0.1, 0.15) is 26.2 Å². The minimum atomic E-state index is -0.115. The van der Waals surface area contributed by atoms with Crippen molar-refractivity contribution in [3.05, 3.63) is 46.6 Å². The highest BCUT2D eigenvalue weighted by atomic mass is 32.2. The van der Waals surface area contributed by atoms with Crippen molar-refractivity contribution in [3.63, 3.8) is 0 Å². The van der Waals surface area contributed by atoms with Crippen LogP contribution in [-0.4, -0.2) is 40.7 Å². The smallest absolute Gasteiger partial charge is 0.262 e. The summed E-state index contributed by atoms with van der Waals surface area (Å²) in [7, 11) is 3.16. The van der Waals surface area contributed by atoms with Crippen molar-refractivity contribution in [2.75, 3.05) is 21.0 Å². The average Bonchev–Trinajstić information content (AvgIpc) is 3.54. The van der Waals surface area contributed by atoms with E-state index in [0.717, 1.165) is 6.42 Å². The van der Waals surface area contributed by atoms with Gasteiger partial charge in [-0.1, -0.05) is 30.8 Å². The van der Waals surface area contributed by atoms with Crippen molar-refractivity contribution in [2.45, 2.75) is 37.7 Å². The molecule has 0 saturated carbocycles. The van der Waals surface area contributed by atoms with Crippen LogP contribution in [0.4, 0.5) is 0 Å². The van der Waals surface area contributed by atoms with Gasteiger partial charge in [0.05, 0.1) is 36.4 Å². The highest BCUT2D eigenvalue weighted by Crippen LogP contribution is 2.36. The SMILES string of the molecule is COc1ccc(-c2noc(CSc3nc4cc5c(cc4c(=O)n3CCC(C)C)OCO5)n2)c(OC)c1. The molecule has 5 rings (SSSR count). The van der Waals surface area contributed by atoms with Crippen LogP contribution in [-0.2, 0) is 12.3 Å². The fourth-order valence-corrected chi connectivity index (χ4v) is 4.68. The van der Waals surface area contributed by atoms with E-state index in [-0.39, 0.29) is 12.4 Å². The minimum Gasteiger partial charge on any atom is -0.497 e. The monoisotopic (exact) mass is 510 g/mol. The van der Waals surface area contributed by atoms with Crippen LogP contribution in [0.15, 0.2) is 44.8 Å². The molecule has 0 atom stereocenters. The second kappa shape index (κ2) is 10.1. The number of benzene rings is 2. The highest BCUT2D eigenvalue weighted by Gasteiger charge is 2.20. The van der Waals surface area contributed by atoms with Gasteiger partial charge in [0.1, 0.15) is 11.5 Å². The fourth-order valence-electron chi connectivity index (χ4n) is 3.82. The molecule has 0 spiro atoms. The molecule has 2 aromatic carbocycles. The van der Waals surface area contributed by atoms with Crippen LogP contribution in [0.3, 0.4) is 0 Å². The lowest BCUT2D eigenvalue weighted by atomic mass is 10.1. The van der Waals surface area contributed by atoms with E-state index in [4.69, 9.17) is 28.5 Å². The predicted molar refractivity (Wildman–Crippen MR) is 134 cm³/mol. The van der Waals surface area contributed by atoms with Crippen molar-refractivity contribution < 1.29 is 23.5 Å². The lowest BCUT2D eigenvalue weighted by molar-refractivity contribution is 0.174. The van der Waals surface area contributed by atoms with Crippen LogP contribution in [0.2, 0.25) is 0 Å². The third-order valence-corrected chi connectivity index (χ3v) is 6.75. The van der Waals surface area contributed by atoms with Crippen LogP contribution in [0, 0.1) is 5.92 Å². The summed E-state index contributed by atoms with van der Waals surface area (Å²) in [5.74, 6) is 3.97. The van der Waals surface area contributed by atoms with E-state index in [0.29, 0.717) is 74.6 Å². The van der Waals surface area contributed by atoms with Gasteiger partial charge in [-0.3, -0.25) is 9.36 Å². The molecule has 0 bridgehead atoms. The lowest BCUT2D eigenvalue weighted by Gasteiger charge is -2.14. The molecule has 0 saturated heterocycles. The van der Waals surface area contributed by atoms with Gasteiger partial charge in [0.2, 0.25) is 18.5 Å². The van der Waals surface area contributed by atoms with E-state index in [1.54, 1.807) is 43.1 Å². The summed E-state index contributed by atoms with van der Waals surface area (Å²) in [6.07, 6.45) is 0.840. The molecule has 36 heavy (non-hydrogen) atoms. The first-order valence-corrected chi connectivity index (χ1v) is 12.5. The Kier molecular flexibility index (Phi) is 6.73. The number of aromatic nitrogens is 4. The molecular weight excluding hydrogens is 484 g/mol. The molecule has 1 aliphatic rings. The summed E-state index contributed by atoms with van der Waals surface area (Å²) < 4.78 is 28.8. The van der Waals surface area contributed by atoms with Crippen molar-refractivity contribution in [2.24, 2.45) is 5.92 Å². The van der Waals surface area contributed by atoms with E-state index < -0.39 is 0 Å². The molecule has 4 aromatic rings. The van der Waals surface area contributed by atoms with Gasteiger partial charge in [-0.25, -0.2) is 4.98 Å². The maximum absolute atomic E-state index is 13.4. The quantitative estimate of drug-likeness (QED) is 0.235. The number of hydrogen-bond donors (Lipinski definition) is 0. The lowest BCUT2D eigenvalue weighted by Crippen LogP contribution is -2.24. The standard InChI is InChI=1S/C25H26N4O6S/c1-14(2)7-8-29-24(30)17-10-20-21(34-13-33-20)11-18(17)26-25(29)36-12-22-27-23(28-35-22)16-6-5-15(31-3)9-19(16)32-4/h5-6,9-11,14H,7-8,12-13H2,1-4H3. The van der Waals surface area contributed by atoms with Crippen LogP contribution < -0.4 is 24.5 Å². The largest absolute Gasteiger partial charge is 0.497 e. The second-order valence-electron chi connectivity index (χ2n) is 8.62. The molecule has 0 unspecified atom stereocenters. The third-order valence-electron chi connectivity index (χ3n) is 5.79. The van der Waals surface area contributed by atoms with Gasteiger partial charge in [0, 0.05) is 18.7 Å².